The fourth-order valence-electron chi connectivity index (χ4n) is 0.985. The van der Waals surface area contributed by atoms with Crippen molar-refractivity contribution in [3.05, 3.63) is 11.5 Å². The summed E-state index contributed by atoms with van der Waals surface area (Å²) >= 11 is 0. The van der Waals surface area contributed by atoms with E-state index in [9.17, 15) is 4.39 Å². The van der Waals surface area contributed by atoms with Crippen LogP contribution in [0.1, 0.15) is 12.5 Å². The molecule has 0 atom stereocenters. The van der Waals surface area contributed by atoms with Crippen LogP contribution in [-0.2, 0) is 13.5 Å². The Bertz CT molecular complexity index is 257. The molecule has 0 saturated heterocycles. The van der Waals surface area contributed by atoms with Gasteiger partial charge in [-0.2, -0.15) is 4.39 Å². The Balaban J connectivity index is 3.15. The van der Waals surface area contributed by atoms with Gasteiger partial charge in [-0.1, -0.05) is 6.92 Å². The molecule has 62 valence electrons. The zero-order valence-corrected chi connectivity index (χ0v) is 6.89. The summed E-state index contributed by atoms with van der Waals surface area (Å²) in [6.07, 6.45) is 0.600. The lowest BCUT2D eigenvalue weighted by atomic mass is 10.3. The van der Waals surface area contributed by atoms with Gasteiger partial charge in [0.05, 0.1) is 12.7 Å². The van der Waals surface area contributed by atoms with Crippen molar-refractivity contribution in [3.63, 3.8) is 0 Å². The van der Waals surface area contributed by atoms with E-state index in [0.717, 1.165) is 0 Å². The lowest BCUT2D eigenvalue weighted by Crippen LogP contribution is -1.94. The second kappa shape index (κ2) is 2.90. The summed E-state index contributed by atoms with van der Waals surface area (Å²) in [6.45, 7) is 1.86. The highest BCUT2D eigenvalue weighted by Crippen LogP contribution is 2.19. The molecule has 0 aromatic carbocycles. The van der Waals surface area contributed by atoms with Gasteiger partial charge in [0.25, 0.3) is 0 Å². The lowest BCUT2D eigenvalue weighted by Gasteiger charge is -1.94. The summed E-state index contributed by atoms with van der Waals surface area (Å²) in [5.41, 5.74) is 0.537. The first kappa shape index (κ1) is 8.04. The first-order chi connectivity index (χ1) is 5.20. The zero-order chi connectivity index (χ0) is 8.43. The largest absolute Gasteiger partial charge is 0.480 e. The maximum absolute atomic E-state index is 13.0. The Morgan fingerprint density at radius 3 is 2.64 bits per heavy atom. The van der Waals surface area contributed by atoms with E-state index < -0.39 is 0 Å². The minimum atomic E-state index is -0.315. The quantitative estimate of drug-likeness (QED) is 0.645. The Labute approximate surface area is 64.8 Å². The van der Waals surface area contributed by atoms with Crippen LogP contribution in [0.4, 0.5) is 4.39 Å². The van der Waals surface area contributed by atoms with E-state index in [2.05, 4.69) is 5.10 Å². The van der Waals surface area contributed by atoms with Gasteiger partial charge in [-0.3, -0.25) is 0 Å². The van der Waals surface area contributed by atoms with Crippen molar-refractivity contribution < 1.29 is 9.13 Å². The molecule has 0 spiro atoms. The maximum atomic E-state index is 13.0. The highest BCUT2D eigenvalue weighted by atomic mass is 19.1. The van der Waals surface area contributed by atoms with E-state index in [4.69, 9.17) is 4.74 Å². The Hall–Kier alpha value is -1.06. The van der Waals surface area contributed by atoms with Crippen LogP contribution in [0.25, 0.3) is 0 Å². The maximum Gasteiger partial charge on any atom is 0.238 e. The van der Waals surface area contributed by atoms with Crippen molar-refractivity contribution in [1.29, 1.82) is 0 Å². The van der Waals surface area contributed by atoms with E-state index in [1.807, 2.05) is 6.92 Å². The molecule has 0 N–H and O–H groups in total. The highest BCUT2D eigenvalue weighted by Gasteiger charge is 2.13. The van der Waals surface area contributed by atoms with E-state index >= 15 is 0 Å². The molecular weight excluding hydrogens is 147 g/mol. The second-order valence-electron chi connectivity index (χ2n) is 2.26. The molecule has 1 aromatic heterocycles. The van der Waals surface area contributed by atoms with Crippen molar-refractivity contribution in [2.45, 2.75) is 13.3 Å². The molecule has 0 unspecified atom stereocenters. The topological polar surface area (TPSA) is 27.1 Å². The van der Waals surface area contributed by atoms with Gasteiger partial charge in [0.15, 0.2) is 0 Å². The molecule has 1 aromatic rings. The number of methoxy groups -OCH3 is 1. The van der Waals surface area contributed by atoms with Crippen LogP contribution in [0, 0.1) is 5.95 Å². The van der Waals surface area contributed by atoms with Gasteiger partial charge in [0.1, 0.15) is 0 Å². The number of ether oxygens (including phenoxy) is 1. The molecule has 0 aliphatic carbocycles. The molecule has 11 heavy (non-hydrogen) atoms. The van der Waals surface area contributed by atoms with Gasteiger partial charge in [-0.15, -0.1) is 5.10 Å². The summed E-state index contributed by atoms with van der Waals surface area (Å²) in [5.74, 6) is 0.0665. The molecular formula is C7H11FN2O. The molecule has 0 bridgehead atoms. The number of rotatable bonds is 2. The number of hydrogen-bond donors (Lipinski definition) is 0. The van der Waals surface area contributed by atoms with Gasteiger partial charge < -0.3 is 4.74 Å². The SMILES string of the molecule is CCc1c(OC)nn(C)c1F. The monoisotopic (exact) mass is 158 g/mol. The molecule has 0 radical (unpaired) electrons. The summed E-state index contributed by atoms with van der Waals surface area (Å²) in [7, 11) is 3.04. The predicted octanol–water partition coefficient (Wildman–Crippen LogP) is 1.13. The van der Waals surface area contributed by atoms with Crippen molar-refractivity contribution in [2.24, 2.45) is 7.05 Å². The molecule has 0 amide bonds. The molecule has 1 heterocycles. The number of nitrogens with zero attached hydrogens (tertiary/aromatic N) is 2. The minimum absolute atomic E-state index is 0.315. The minimum Gasteiger partial charge on any atom is -0.480 e. The molecule has 0 aliphatic heterocycles. The van der Waals surface area contributed by atoms with Crippen LogP contribution in [-0.4, -0.2) is 16.9 Å². The fourth-order valence-corrected chi connectivity index (χ4v) is 0.985. The third-order valence-corrected chi connectivity index (χ3v) is 1.58. The van der Waals surface area contributed by atoms with Crippen molar-refractivity contribution in [2.75, 3.05) is 7.11 Å². The van der Waals surface area contributed by atoms with Crippen LogP contribution in [0.15, 0.2) is 0 Å². The Kier molecular flexibility index (Phi) is 2.12. The normalized spacial score (nSPS) is 10.2. The number of aromatic nitrogens is 2. The standard InChI is InChI=1S/C7H11FN2O/c1-4-5-6(8)10(2)9-7(5)11-3/h4H2,1-3H3. The van der Waals surface area contributed by atoms with Gasteiger partial charge in [-0.05, 0) is 6.42 Å². The van der Waals surface area contributed by atoms with Gasteiger partial charge in [-0.25, -0.2) is 4.68 Å². The molecule has 0 aliphatic rings. The predicted molar refractivity (Wildman–Crippen MR) is 39.1 cm³/mol. The summed E-state index contributed by atoms with van der Waals surface area (Å²) in [4.78, 5) is 0. The van der Waals surface area contributed by atoms with E-state index in [0.29, 0.717) is 17.9 Å². The van der Waals surface area contributed by atoms with Crippen molar-refractivity contribution in [3.8, 4) is 5.88 Å². The highest BCUT2D eigenvalue weighted by molar-refractivity contribution is 5.24. The molecule has 1 rings (SSSR count). The summed E-state index contributed by atoms with van der Waals surface area (Å²) in [5, 5.41) is 3.82. The van der Waals surface area contributed by atoms with Gasteiger partial charge in [0.2, 0.25) is 11.8 Å². The van der Waals surface area contributed by atoms with Crippen LogP contribution in [0.5, 0.6) is 5.88 Å². The summed E-state index contributed by atoms with van der Waals surface area (Å²) in [6, 6.07) is 0. The molecule has 0 saturated carbocycles. The fraction of sp³-hybridized carbons (Fsp3) is 0.571. The van der Waals surface area contributed by atoms with Crippen molar-refractivity contribution >= 4 is 0 Å². The van der Waals surface area contributed by atoms with E-state index in [-0.39, 0.29) is 5.95 Å². The number of halogens is 1. The van der Waals surface area contributed by atoms with Crippen LogP contribution >= 0.6 is 0 Å². The van der Waals surface area contributed by atoms with E-state index in [1.54, 1.807) is 7.05 Å². The van der Waals surface area contributed by atoms with Crippen LogP contribution < -0.4 is 4.74 Å². The average Bonchev–Trinajstić information content (AvgIpc) is 2.28. The molecule has 4 heteroatoms. The molecule has 0 fully saturated rings. The zero-order valence-electron chi connectivity index (χ0n) is 6.89. The van der Waals surface area contributed by atoms with Crippen LogP contribution in [0.3, 0.4) is 0 Å². The van der Waals surface area contributed by atoms with Gasteiger partial charge in [0, 0.05) is 7.05 Å². The Morgan fingerprint density at radius 1 is 1.64 bits per heavy atom. The first-order valence-electron chi connectivity index (χ1n) is 3.46. The third-order valence-electron chi connectivity index (χ3n) is 1.58. The summed E-state index contributed by atoms with van der Waals surface area (Å²) < 4.78 is 19.1. The van der Waals surface area contributed by atoms with E-state index in [1.165, 1.54) is 11.8 Å². The molecule has 3 nitrogen and oxygen atoms in total. The first-order valence-corrected chi connectivity index (χ1v) is 3.46. The smallest absolute Gasteiger partial charge is 0.238 e. The number of aryl methyl sites for hydroxylation is 1. The van der Waals surface area contributed by atoms with Crippen LogP contribution in [0.2, 0.25) is 0 Å². The second-order valence-corrected chi connectivity index (χ2v) is 2.26. The van der Waals surface area contributed by atoms with Crippen molar-refractivity contribution in [1.82, 2.24) is 9.78 Å². The lowest BCUT2D eigenvalue weighted by molar-refractivity contribution is 0.388. The van der Waals surface area contributed by atoms with Gasteiger partial charge >= 0.3 is 0 Å². The average molecular weight is 158 g/mol. The third kappa shape index (κ3) is 1.20. The Morgan fingerprint density at radius 2 is 2.27 bits per heavy atom. The number of hydrogen-bond acceptors (Lipinski definition) is 2.